The van der Waals surface area contributed by atoms with Crippen LogP contribution >= 0.6 is 0 Å². The Morgan fingerprint density at radius 3 is 2.90 bits per heavy atom. The number of hydrogen-bond acceptors (Lipinski definition) is 3. The number of hydroxylamine groups is 1. The summed E-state index contributed by atoms with van der Waals surface area (Å²) < 4.78 is 15.0. The molecule has 0 saturated carbocycles. The van der Waals surface area contributed by atoms with Crippen molar-refractivity contribution in [1.29, 1.82) is 0 Å². The molecule has 1 aromatic heterocycles. The number of nitrogens with one attached hydrogen (secondary N) is 1. The fraction of sp³-hybridized carbons (Fsp3) is 0.0667. The Hall–Kier alpha value is -2.73. The molecule has 0 aliphatic rings. The molecule has 0 atom stereocenters. The molecule has 0 fully saturated rings. The minimum atomic E-state index is -0.588. The topological polar surface area (TPSA) is 67.2 Å². The minimum Gasteiger partial charge on any atom is -0.326 e. The molecule has 1 amide bonds. The maximum Gasteiger partial charge on any atom is 0.274 e. The van der Waals surface area contributed by atoms with E-state index >= 15 is 0 Å². The van der Waals surface area contributed by atoms with Crippen LogP contribution in [-0.2, 0) is 6.54 Å². The summed E-state index contributed by atoms with van der Waals surface area (Å²) in [6.07, 6.45) is 1.64. The van der Waals surface area contributed by atoms with Crippen molar-refractivity contribution in [2.45, 2.75) is 6.54 Å². The van der Waals surface area contributed by atoms with Gasteiger partial charge in [-0.05, 0) is 35.9 Å². The van der Waals surface area contributed by atoms with Crippen LogP contribution in [0.5, 0.6) is 0 Å². The van der Waals surface area contributed by atoms with Crippen LogP contribution in [-0.4, -0.2) is 20.7 Å². The van der Waals surface area contributed by atoms with Crippen molar-refractivity contribution in [2.75, 3.05) is 0 Å². The molecular formula is C15H12FN3O2. The average Bonchev–Trinajstić information content (AvgIpc) is 2.89. The third-order valence-corrected chi connectivity index (χ3v) is 3.23. The van der Waals surface area contributed by atoms with E-state index < -0.39 is 5.91 Å². The third-order valence-electron chi connectivity index (χ3n) is 3.23. The minimum absolute atomic E-state index is 0.294. The molecule has 0 aliphatic carbocycles. The van der Waals surface area contributed by atoms with Gasteiger partial charge in [0.1, 0.15) is 5.82 Å². The fourth-order valence-electron chi connectivity index (χ4n) is 2.22. The van der Waals surface area contributed by atoms with Crippen molar-refractivity contribution in [2.24, 2.45) is 0 Å². The first kappa shape index (κ1) is 13.3. The Labute approximate surface area is 119 Å². The highest BCUT2D eigenvalue weighted by atomic mass is 19.1. The number of carbonyl (C=O) groups is 1. The van der Waals surface area contributed by atoms with E-state index in [-0.39, 0.29) is 5.82 Å². The number of hydrogen-bond donors (Lipinski definition) is 2. The predicted molar refractivity (Wildman–Crippen MR) is 74.5 cm³/mol. The lowest BCUT2D eigenvalue weighted by Gasteiger charge is -2.06. The first-order chi connectivity index (χ1) is 10.2. The smallest absolute Gasteiger partial charge is 0.274 e. The van der Waals surface area contributed by atoms with Gasteiger partial charge in [-0.1, -0.05) is 12.1 Å². The Bertz CT molecular complexity index is 814. The molecule has 106 valence electrons. The van der Waals surface area contributed by atoms with Crippen LogP contribution in [0.3, 0.4) is 0 Å². The summed E-state index contributed by atoms with van der Waals surface area (Å²) in [7, 11) is 0. The second kappa shape index (κ2) is 5.34. The van der Waals surface area contributed by atoms with Crippen LogP contribution in [0.25, 0.3) is 11.0 Å². The van der Waals surface area contributed by atoms with Crippen LogP contribution in [0.1, 0.15) is 15.9 Å². The van der Waals surface area contributed by atoms with E-state index in [9.17, 15) is 9.18 Å². The number of halogens is 1. The molecule has 3 aromatic rings. The van der Waals surface area contributed by atoms with Gasteiger partial charge in [-0.2, -0.15) is 0 Å². The third kappa shape index (κ3) is 2.61. The summed E-state index contributed by atoms with van der Waals surface area (Å²) in [5, 5.41) is 8.68. The lowest BCUT2D eigenvalue weighted by molar-refractivity contribution is 0.0706. The Morgan fingerprint density at radius 2 is 2.14 bits per heavy atom. The highest BCUT2D eigenvalue weighted by molar-refractivity contribution is 5.96. The molecule has 6 heteroatoms. The summed E-state index contributed by atoms with van der Waals surface area (Å²) in [4.78, 5) is 15.7. The van der Waals surface area contributed by atoms with Crippen LogP contribution in [0.4, 0.5) is 4.39 Å². The van der Waals surface area contributed by atoms with Crippen molar-refractivity contribution in [3.63, 3.8) is 0 Å². The fourth-order valence-corrected chi connectivity index (χ4v) is 2.22. The van der Waals surface area contributed by atoms with Crippen molar-refractivity contribution in [3.8, 4) is 0 Å². The molecule has 0 spiro atoms. The maximum absolute atomic E-state index is 13.2. The SMILES string of the molecule is O=C(NO)c1ccc2ncn(Cc3cccc(F)c3)c2c1. The summed E-state index contributed by atoms with van der Waals surface area (Å²) in [5.74, 6) is -0.882. The highest BCUT2D eigenvalue weighted by Gasteiger charge is 2.09. The predicted octanol–water partition coefficient (Wildman–Crippen LogP) is 2.34. The molecule has 0 saturated heterocycles. The van der Waals surface area contributed by atoms with Gasteiger partial charge in [0, 0.05) is 12.1 Å². The van der Waals surface area contributed by atoms with E-state index in [0.717, 1.165) is 16.6 Å². The van der Waals surface area contributed by atoms with Gasteiger partial charge in [0.2, 0.25) is 0 Å². The van der Waals surface area contributed by atoms with Crippen molar-refractivity contribution >= 4 is 16.9 Å². The lowest BCUT2D eigenvalue weighted by atomic mass is 10.2. The number of aromatic nitrogens is 2. The van der Waals surface area contributed by atoms with E-state index in [1.165, 1.54) is 12.1 Å². The number of rotatable bonds is 3. The van der Waals surface area contributed by atoms with Gasteiger partial charge >= 0.3 is 0 Å². The van der Waals surface area contributed by atoms with Crippen molar-refractivity contribution in [3.05, 3.63) is 65.7 Å². The molecule has 3 rings (SSSR count). The summed E-state index contributed by atoms with van der Waals surface area (Å²) >= 11 is 0. The van der Waals surface area contributed by atoms with E-state index in [2.05, 4.69) is 4.98 Å². The van der Waals surface area contributed by atoms with E-state index in [0.29, 0.717) is 12.1 Å². The maximum atomic E-state index is 13.2. The zero-order chi connectivity index (χ0) is 14.8. The largest absolute Gasteiger partial charge is 0.326 e. The summed E-state index contributed by atoms with van der Waals surface area (Å²) in [5.41, 5.74) is 4.18. The van der Waals surface area contributed by atoms with Crippen LogP contribution in [0.2, 0.25) is 0 Å². The number of benzene rings is 2. The van der Waals surface area contributed by atoms with Gasteiger partial charge < -0.3 is 4.57 Å². The number of nitrogens with zero attached hydrogens (tertiary/aromatic N) is 2. The van der Waals surface area contributed by atoms with Crippen molar-refractivity contribution in [1.82, 2.24) is 15.0 Å². The molecule has 0 bridgehead atoms. The summed E-state index contributed by atoms with van der Waals surface area (Å²) in [6.45, 7) is 0.443. The molecular weight excluding hydrogens is 273 g/mol. The van der Waals surface area contributed by atoms with Gasteiger partial charge in [-0.25, -0.2) is 14.9 Å². The Balaban J connectivity index is 2.00. The molecule has 1 heterocycles. The quantitative estimate of drug-likeness (QED) is 0.573. The lowest BCUT2D eigenvalue weighted by Crippen LogP contribution is -2.18. The first-order valence-electron chi connectivity index (χ1n) is 6.31. The molecule has 2 aromatic carbocycles. The van der Waals surface area contributed by atoms with Crippen molar-refractivity contribution < 1.29 is 14.4 Å². The molecule has 0 radical (unpaired) electrons. The van der Waals surface area contributed by atoms with Gasteiger partial charge in [0.15, 0.2) is 0 Å². The highest BCUT2D eigenvalue weighted by Crippen LogP contribution is 2.17. The van der Waals surface area contributed by atoms with E-state index in [4.69, 9.17) is 5.21 Å². The Kier molecular flexibility index (Phi) is 3.37. The second-order valence-corrected chi connectivity index (χ2v) is 4.65. The van der Waals surface area contributed by atoms with E-state index in [1.807, 2.05) is 10.6 Å². The number of imidazole rings is 1. The normalized spacial score (nSPS) is 10.8. The van der Waals surface area contributed by atoms with Gasteiger partial charge in [0.25, 0.3) is 5.91 Å². The average molecular weight is 285 g/mol. The Morgan fingerprint density at radius 1 is 1.29 bits per heavy atom. The molecule has 0 unspecified atom stereocenters. The van der Waals surface area contributed by atoms with Gasteiger partial charge in [-0.3, -0.25) is 10.0 Å². The summed E-state index contributed by atoms with van der Waals surface area (Å²) in [6, 6.07) is 11.2. The van der Waals surface area contributed by atoms with Gasteiger partial charge in [0.05, 0.1) is 17.4 Å². The van der Waals surface area contributed by atoms with E-state index in [1.54, 1.807) is 36.1 Å². The zero-order valence-electron chi connectivity index (χ0n) is 11.0. The van der Waals surface area contributed by atoms with Crippen LogP contribution in [0, 0.1) is 5.82 Å². The van der Waals surface area contributed by atoms with Gasteiger partial charge in [-0.15, -0.1) is 0 Å². The molecule has 5 nitrogen and oxygen atoms in total. The van der Waals surface area contributed by atoms with Crippen LogP contribution < -0.4 is 5.48 Å². The number of amides is 1. The molecule has 0 aliphatic heterocycles. The number of fused-ring (bicyclic) bond motifs is 1. The molecule has 2 N–H and O–H groups in total. The van der Waals surface area contributed by atoms with Crippen LogP contribution in [0.15, 0.2) is 48.8 Å². The standard InChI is InChI=1S/C15H12FN3O2/c16-12-3-1-2-10(6-12)8-19-9-17-13-5-4-11(7-14(13)19)15(20)18-21/h1-7,9,21H,8H2,(H,18,20). The monoisotopic (exact) mass is 285 g/mol. The second-order valence-electron chi connectivity index (χ2n) is 4.65. The zero-order valence-corrected chi connectivity index (χ0v) is 11.0. The molecule has 21 heavy (non-hydrogen) atoms. The number of carbonyl (C=O) groups excluding carboxylic acids is 1. The first-order valence-corrected chi connectivity index (χ1v) is 6.31.